The van der Waals surface area contributed by atoms with E-state index in [0.717, 1.165) is 102 Å². The fraction of sp³-hybridized carbons (Fsp3) is 0.943. The molecule has 0 aromatic heterocycles. The first-order valence-corrected chi connectivity index (χ1v) is 39.5. The van der Waals surface area contributed by atoms with Gasteiger partial charge in [-0.05, 0) is 37.5 Å². The summed E-state index contributed by atoms with van der Waals surface area (Å²) < 4.78 is 68.2. The number of hydrogen-bond acceptors (Lipinski definition) is 15. The zero-order chi connectivity index (χ0) is 65.7. The summed E-state index contributed by atoms with van der Waals surface area (Å²) in [6.45, 7) is 9.48. The Morgan fingerprint density at radius 2 is 0.517 bits per heavy atom. The Morgan fingerprint density at radius 3 is 0.764 bits per heavy atom. The summed E-state index contributed by atoms with van der Waals surface area (Å²) in [4.78, 5) is 72.4. The highest BCUT2D eigenvalue weighted by Gasteiger charge is 2.30. The molecule has 0 saturated heterocycles. The van der Waals surface area contributed by atoms with Crippen molar-refractivity contribution in [2.24, 2.45) is 11.8 Å². The monoisotopic (exact) mass is 1310 g/mol. The van der Waals surface area contributed by atoms with Crippen LogP contribution in [0.1, 0.15) is 356 Å². The van der Waals surface area contributed by atoms with Gasteiger partial charge in [0, 0.05) is 25.7 Å². The van der Waals surface area contributed by atoms with Crippen molar-refractivity contribution in [2.45, 2.75) is 374 Å². The Balaban J connectivity index is 5.21. The van der Waals surface area contributed by atoms with Gasteiger partial charge >= 0.3 is 39.5 Å². The maximum atomic E-state index is 13.0. The first-order chi connectivity index (χ1) is 42.9. The van der Waals surface area contributed by atoms with E-state index in [4.69, 9.17) is 37.0 Å². The molecule has 19 heteroatoms. The van der Waals surface area contributed by atoms with Crippen LogP contribution in [0.2, 0.25) is 0 Å². The van der Waals surface area contributed by atoms with Crippen molar-refractivity contribution in [1.82, 2.24) is 0 Å². The number of esters is 4. The number of rotatable bonds is 69. The van der Waals surface area contributed by atoms with Crippen LogP contribution in [-0.2, 0) is 65.4 Å². The second-order valence-electron chi connectivity index (χ2n) is 26.2. The van der Waals surface area contributed by atoms with Gasteiger partial charge in [-0.2, -0.15) is 0 Å². The van der Waals surface area contributed by atoms with Crippen molar-refractivity contribution < 1.29 is 80.2 Å². The van der Waals surface area contributed by atoms with E-state index in [-0.39, 0.29) is 25.7 Å². The lowest BCUT2D eigenvalue weighted by atomic mass is 10.0. The number of phosphoric ester groups is 2. The molecule has 0 rings (SSSR count). The third kappa shape index (κ3) is 64.6. The molecule has 0 fully saturated rings. The maximum Gasteiger partial charge on any atom is 0.472 e. The van der Waals surface area contributed by atoms with Crippen LogP contribution in [0.15, 0.2) is 0 Å². The molecule has 3 N–H and O–H groups in total. The van der Waals surface area contributed by atoms with Crippen LogP contribution < -0.4 is 0 Å². The molecule has 0 aromatic carbocycles. The quantitative estimate of drug-likeness (QED) is 0.0222. The van der Waals surface area contributed by atoms with Crippen molar-refractivity contribution >= 4 is 39.5 Å². The highest BCUT2D eigenvalue weighted by molar-refractivity contribution is 7.47. The minimum atomic E-state index is -4.95. The summed E-state index contributed by atoms with van der Waals surface area (Å²) >= 11 is 0. The minimum absolute atomic E-state index is 0.103. The Morgan fingerprint density at radius 1 is 0.303 bits per heavy atom. The number of carbonyl (C=O) groups excluding carboxylic acids is 4. The number of aliphatic hydroxyl groups is 1. The summed E-state index contributed by atoms with van der Waals surface area (Å²) in [6.07, 6.45) is 47.3. The molecule has 0 saturated carbocycles. The lowest BCUT2D eigenvalue weighted by Gasteiger charge is -2.21. The van der Waals surface area contributed by atoms with E-state index in [0.29, 0.717) is 31.6 Å². The van der Waals surface area contributed by atoms with Crippen molar-refractivity contribution in [3.8, 4) is 0 Å². The maximum absolute atomic E-state index is 13.0. The lowest BCUT2D eigenvalue weighted by Crippen LogP contribution is -2.30. The van der Waals surface area contributed by atoms with Crippen molar-refractivity contribution in [3.63, 3.8) is 0 Å². The molecule has 0 aliphatic rings. The van der Waals surface area contributed by atoms with Crippen LogP contribution in [0.5, 0.6) is 0 Å². The highest BCUT2D eigenvalue weighted by Crippen LogP contribution is 2.45. The Kier molecular flexibility index (Phi) is 60.8. The molecule has 89 heavy (non-hydrogen) atoms. The molecule has 0 aliphatic heterocycles. The molecule has 0 radical (unpaired) electrons. The topological polar surface area (TPSA) is 237 Å². The third-order valence-electron chi connectivity index (χ3n) is 16.2. The van der Waals surface area contributed by atoms with Gasteiger partial charge in [0.1, 0.15) is 19.3 Å². The molecule has 0 aromatic rings. The largest absolute Gasteiger partial charge is 0.472 e. The van der Waals surface area contributed by atoms with E-state index >= 15 is 0 Å². The molecule has 0 heterocycles. The second-order valence-corrected chi connectivity index (χ2v) is 29.1. The molecule has 0 aliphatic carbocycles. The molecule has 528 valence electrons. The van der Waals surface area contributed by atoms with Gasteiger partial charge in [-0.1, -0.05) is 305 Å². The molecule has 2 unspecified atom stereocenters. The molecule has 17 nitrogen and oxygen atoms in total. The van der Waals surface area contributed by atoms with Crippen molar-refractivity contribution in [1.29, 1.82) is 0 Å². The fourth-order valence-corrected chi connectivity index (χ4v) is 12.2. The number of ether oxygens (including phenoxy) is 4. The van der Waals surface area contributed by atoms with Crippen LogP contribution in [0.3, 0.4) is 0 Å². The number of carbonyl (C=O) groups is 4. The predicted molar refractivity (Wildman–Crippen MR) is 358 cm³/mol. The molecule has 0 bridgehead atoms. The standard InChI is InChI=1S/C70H136O17P2/c1-7-9-11-13-15-17-18-19-20-23-26-29-35-41-47-53-68(73)81-59-65(86-69(74)54-48-42-36-30-27-24-21-22-25-28-32-38-44-50-62(3)4)60-84-88(76,77)82-56-64(71)57-83-89(78,79)85-61-66(58-80-67(72)52-46-40-34-16-14-12-10-8-2)87-70(75)55-49-43-37-31-33-39-45-51-63(5)6/h62-66,71H,7-61H2,1-6H3,(H,76,77)(H,78,79)/t64-,65-,66-/m1/s1. The van der Waals surface area contributed by atoms with Crippen LogP contribution in [0.4, 0.5) is 0 Å². The minimum Gasteiger partial charge on any atom is -0.462 e. The third-order valence-corrected chi connectivity index (χ3v) is 18.1. The van der Waals surface area contributed by atoms with Gasteiger partial charge < -0.3 is 33.8 Å². The van der Waals surface area contributed by atoms with E-state index in [1.807, 2.05) is 0 Å². The van der Waals surface area contributed by atoms with Gasteiger partial charge in [-0.25, -0.2) is 9.13 Å². The summed E-state index contributed by atoms with van der Waals surface area (Å²) in [5.74, 6) is -0.645. The van der Waals surface area contributed by atoms with Gasteiger partial charge in [0.2, 0.25) is 0 Å². The predicted octanol–water partition coefficient (Wildman–Crippen LogP) is 20.0. The normalized spacial score (nSPS) is 14.1. The number of unbranched alkanes of at least 4 members (excludes halogenated alkanes) is 39. The van der Waals surface area contributed by atoms with E-state index in [2.05, 4.69) is 41.5 Å². The Labute approximate surface area is 543 Å². The summed E-state index contributed by atoms with van der Waals surface area (Å²) in [5.41, 5.74) is 0. The summed E-state index contributed by atoms with van der Waals surface area (Å²) in [5, 5.41) is 10.6. The molecular weight excluding hydrogens is 1170 g/mol. The summed E-state index contributed by atoms with van der Waals surface area (Å²) in [6, 6.07) is 0. The smallest absolute Gasteiger partial charge is 0.462 e. The van der Waals surface area contributed by atoms with Gasteiger partial charge in [-0.15, -0.1) is 0 Å². The van der Waals surface area contributed by atoms with Gasteiger partial charge in [0.25, 0.3) is 0 Å². The molecule has 0 spiro atoms. The average Bonchev–Trinajstić information content (AvgIpc) is 3.71. The molecule has 5 atom stereocenters. The Hall–Kier alpha value is -1.94. The van der Waals surface area contributed by atoms with E-state index < -0.39 is 97.5 Å². The van der Waals surface area contributed by atoms with Crippen molar-refractivity contribution in [2.75, 3.05) is 39.6 Å². The van der Waals surface area contributed by atoms with Gasteiger partial charge in [-0.3, -0.25) is 37.3 Å². The van der Waals surface area contributed by atoms with Crippen LogP contribution in [0, 0.1) is 11.8 Å². The number of phosphoric acid groups is 2. The van der Waals surface area contributed by atoms with Crippen LogP contribution >= 0.6 is 15.6 Å². The number of hydrogen-bond donors (Lipinski definition) is 3. The highest BCUT2D eigenvalue weighted by atomic mass is 31.2. The van der Waals surface area contributed by atoms with Crippen LogP contribution in [0.25, 0.3) is 0 Å². The van der Waals surface area contributed by atoms with E-state index in [1.54, 1.807) is 0 Å². The summed E-state index contributed by atoms with van der Waals surface area (Å²) in [7, 11) is -9.90. The average molecular weight is 1310 g/mol. The van der Waals surface area contributed by atoms with Crippen LogP contribution in [-0.4, -0.2) is 96.7 Å². The SMILES string of the molecule is CCCCCCCCCCCCCCCCCC(=O)OC[C@H](COP(=O)(O)OC[C@@H](O)COP(=O)(O)OC[C@@H](COC(=O)CCCCCCCCCC)OC(=O)CCCCCCCCCC(C)C)OC(=O)CCCCCCCCCCCCCCCC(C)C. The number of aliphatic hydroxyl groups excluding tert-OH is 1. The zero-order valence-electron chi connectivity index (χ0n) is 57.7. The van der Waals surface area contributed by atoms with Crippen molar-refractivity contribution in [3.05, 3.63) is 0 Å². The first kappa shape index (κ1) is 87.1. The van der Waals surface area contributed by atoms with Gasteiger partial charge in [0.05, 0.1) is 26.4 Å². The zero-order valence-corrected chi connectivity index (χ0v) is 59.5. The first-order valence-electron chi connectivity index (χ1n) is 36.5. The molecule has 0 amide bonds. The fourth-order valence-electron chi connectivity index (χ4n) is 10.6. The lowest BCUT2D eigenvalue weighted by molar-refractivity contribution is -0.161. The van der Waals surface area contributed by atoms with Gasteiger partial charge in [0.15, 0.2) is 12.2 Å². The Bertz CT molecular complexity index is 1730. The van der Waals surface area contributed by atoms with E-state index in [9.17, 15) is 43.2 Å². The van der Waals surface area contributed by atoms with E-state index in [1.165, 1.54) is 167 Å². The molecular formula is C70H136O17P2. The second kappa shape index (κ2) is 62.2.